The van der Waals surface area contributed by atoms with Gasteiger partial charge in [-0.1, -0.05) is 5.21 Å². The van der Waals surface area contributed by atoms with Crippen LogP contribution in [0, 0.1) is 6.92 Å². The Morgan fingerprint density at radius 2 is 2.19 bits per heavy atom. The number of carbonyl (C=O) groups is 1. The molecule has 2 aromatic rings. The van der Waals surface area contributed by atoms with Gasteiger partial charge in [-0.25, -0.2) is 4.98 Å². The molecule has 0 aliphatic heterocycles. The Morgan fingerprint density at radius 3 is 2.76 bits per heavy atom. The number of tetrazole rings is 1. The molecule has 1 fully saturated rings. The van der Waals surface area contributed by atoms with Crippen molar-refractivity contribution in [2.75, 3.05) is 0 Å². The largest absolute Gasteiger partial charge is 0.342 e. The molecule has 0 aromatic carbocycles. The summed E-state index contributed by atoms with van der Waals surface area (Å²) in [5.41, 5.74) is 0.0374. The maximum absolute atomic E-state index is 12.2. The van der Waals surface area contributed by atoms with E-state index in [0.29, 0.717) is 23.3 Å². The van der Waals surface area contributed by atoms with Crippen LogP contribution in [0.15, 0.2) is 4.79 Å². The van der Waals surface area contributed by atoms with Gasteiger partial charge in [0.05, 0.1) is 11.7 Å². The smallest absolute Gasteiger partial charge is 0.264 e. The lowest BCUT2D eigenvalue weighted by molar-refractivity contribution is 0.0935. The number of carbonyl (C=O) groups excluding carboxylic acids is 1. The number of nitrogens with zero attached hydrogens (tertiary/aromatic N) is 4. The number of aromatic amines is 2. The number of aryl methyl sites for hydroxylation is 1. The Labute approximate surface area is 119 Å². The van der Waals surface area contributed by atoms with Crippen molar-refractivity contribution in [3.05, 3.63) is 33.3 Å². The molecule has 0 bridgehead atoms. The zero-order valence-electron chi connectivity index (χ0n) is 11.7. The lowest BCUT2D eigenvalue weighted by Gasteiger charge is -2.11. The van der Waals surface area contributed by atoms with Gasteiger partial charge in [0.1, 0.15) is 11.4 Å². The molecule has 1 aliphatic carbocycles. The SMILES string of the molecule is Cc1nc(C2CC2)[nH]c(=O)c1C(=O)NC(C)c1nn[nH]n1. The van der Waals surface area contributed by atoms with E-state index in [0.717, 1.165) is 12.8 Å². The van der Waals surface area contributed by atoms with Crippen LogP contribution in [0.2, 0.25) is 0 Å². The number of hydrogen-bond donors (Lipinski definition) is 3. The predicted octanol–water partition coefficient (Wildman–Crippen LogP) is -0.0402. The Kier molecular flexibility index (Phi) is 3.24. The molecule has 9 nitrogen and oxygen atoms in total. The molecular formula is C12H15N7O2. The third kappa shape index (κ3) is 2.67. The standard InChI is InChI=1S/C12H15N7O2/c1-5-8(12(21)15-10(13-5)7-3-4-7)11(20)14-6(2)9-16-18-19-17-9/h6-7H,3-4H2,1-2H3,(H,14,20)(H,13,15,21)(H,16,17,18,19). The lowest BCUT2D eigenvalue weighted by atomic mass is 10.2. The maximum atomic E-state index is 12.2. The average Bonchev–Trinajstić information content (AvgIpc) is 3.12. The van der Waals surface area contributed by atoms with Gasteiger partial charge < -0.3 is 10.3 Å². The molecule has 9 heteroatoms. The van der Waals surface area contributed by atoms with E-state index < -0.39 is 17.5 Å². The third-order valence-corrected chi connectivity index (χ3v) is 3.41. The van der Waals surface area contributed by atoms with Crippen LogP contribution in [0.4, 0.5) is 0 Å². The van der Waals surface area contributed by atoms with Gasteiger partial charge in [-0.3, -0.25) is 9.59 Å². The minimum Gasteiger partial charge on any atom is -0.342 e. The third-order valence-electron chi connectivity index (χ3n) is 3.41. The molecule has 110 valence electrons. The summed E-state index contributed by atoms with van der Waals surface area (Å²) in [4.78, 5) is 31.3. The summed E-state index contributed by atoms with van der Waals surface area (Å²) in [6.07, 6.45) is 2.06. The highest BCUT2D eigenvalue weighted by Crippen LogP contribution is 2.37. The van der Waals surface area contributed by atoms with Crippen LogP contribution in [-0.2, 0) is 0 Å². The highest BCUT2D eigenvalue weighted by Gasteiger charge is 2.28. The van der Waals surface area contributed by atoms with Crippen LogP contribution in [0.5, 0.6) is 0 Å². The van der Waals surface area contributed by atoms with E-state index in [-0.39, 0.29) is 5.56 Å². The number of aromatic nitrogens is 6. The van der Waals surface area contributed by atoms with Crippen LogP contribution >= 0.6 is 0 Å². The zero-order valence-corrected chi connectivity index (χ0v) is 11.7. The lowest BCUT2D eigenvalue weighted by Crippen LogP contribution is -2.34. The molecule has 1 aliphatic rings. The van der Waals surface area contributed by atoms with Crippen LogP contribution in [0.25, 0.3) is 0 Å². The van der Waals surface area contributed by atoms with Crippen molar-refractivity contribution < 1.29 is 4.79 Å². The van der Waals surface area contributed by atoms with Gasteiger partial charge in [0, 0.05) is 5.92 Å². The number of amides is 1. The van der Waals surface area contributed by atoms with E-state index in [1.165, 1.54) is 0 Å². The summed E-state index contributed by atoms with van der Waals surface area (Å²) < 4.78 is 0. The fourth-order valence-electron chi connectivity index (χ4n) is 2.11. The predicted molar refractivity (Wildman–Crippen MR) is 71.6 cm³/mol. The summed E-state index contributed by atoms with van der Waals surface area (Å²) in [5.74, 6) is 0.841. The second kappa shape index (κ2) is 5.08. The molecule has 1 amide bonds. The summed E-state index contributed by atoms with van der Waals surface area (Å²) >= 11 is 0. The minimum absolute atomic E-state index is 0.0229. The Hall–Kier alpha value is -2.58. The minimum atomic E-state index is -0.499. The van der Waals surface area contributed by atoms with Gasteiger partial charge in [-0.05, 0) is 26.7 Å². The van der Waals surface area contributed by atoms with Crippen molar-refractivity contribution in [2.45, 2.75) is 38.6 Å². The van der Waals surface area contributed by atoms with E-state index in [2.05, 4.69) is 35.9 Å². The van der Waals surface area contributed by atoms with Gasteiger partial charge in [0.15, 0.2) is 5.82 Å². The summed E-state index contributed by atoms with van der Waals surface area (Å²) in [6.45, 7) is 3.37. The highest BCUT2D eigenvalue weighted by molar-refractivity contribution is 5.95. The number of nitrogens with one attached hydrogen (secondary N) is 3. The van der Waals surface area contributed by atoms with Crippen LogP contribution in [0.1, 0.15) is 59.4 Å². The number of H-pyrrole nitrogens is 2. The monoisotopic (exact) mass is 289 g/mol. The number of rotatable bonds is 4. The van der Waals surface area contributed by atoms with Crippen LogP contribution in [-0.4, -0.2) is 36.5 Å². The van der Waals surface area contributed by atoms with E-state index in [9.17, 15) is 9.59 Å². The van der Waals surface area contributed by atoms with Crippen molar-refractivity contribution in [3.8, 4) is 0 Å². The molecular weight excluding hydrogens is 274 g/mol. The highest BCUT2D eigenvalue weighted by atomic mass is 16.2. The fraction of sp³-hybridized carbons (Fsp3) is 0.500. The Balaban J connectivity index is 1.83. The molecule has 1 atom stereocenters. The Morgan fingerprint density at radius 1 is 1.43 bits per heavy atom. The summed E-state index contributed by atoms with van der Waals surface area (Å²) in [5, 5.41) is 16.0. The molecule has 0 saturated heterocycles. The second-order valence-corrected chi connectivity index (χ2v) is 5.15. The maximum Gasteiger partial charge on any atom is 0.264 e. The first-order valence-electron chi connectivity index (χ1n) is 6.71. The first-order chi connectivity index (χ1) is 10.1. The number of hydrogen-bond acceptors (Lipinski definition) is 6. The molecule has 21 heavy (non-hydrogen) atoms. The summed E-state index contributed by atoms with van der Waals surface area (Å²) in [6, 6.07) is -0.460. The summed E-state index contributed by atoms with van der Waals surface area (Å²) in [7, 11) is 0. The van der Waals surface area contributed by atoms with Crippen molar-refractivity contribution in [2.24, 2.45) is 0 Å². The molecule has 3 rings (SSSR count). The molecule has 3 N–H and O–H groups in total. The molecule has 0 radical (unpaired) electrons. The van der Waals surface area contributed by atoms with Gasteiger partial charge in [-0.2, -0.15) is 5.21 Å². The topological polar surface area (TPSA) is 129 Å². The normalized spacial score (nSPS) is 15.7. The van der Waals surface area contributed by atoms with E-state index in [1.807, 2.05) is 0 Å². The van der Waals surface area contributed by atoms with Crippen molar-refractivity contribution in [1.29, 1.82) is 0 Å². The van der Waals surface area contributed by atoms with E-state index >= 15 is 0 Å². The van der Waals surface area contributed by atoms with Crippen molar-refractivity contribution in [1.82, 2.24) is 35.9 Å². The van der Waals surface area contributed by atoms with Gasteiger partial charge in [0.2, 0.25) is 0 Å². The van der Waals surface area contributed by atoms with Gasteiger partial charge in [-0.15, -0.1) is 10.2 Å². The van der Waals surface area contributed by atoms with Crippen molar-refractivity contribution in [3.63, 3.8) is 0 Å². The molecule has 1 saturated carbocycles. The second-order valence-electron chi connectivity index (χ2n) is 5.15. The molecule has 2 heterocycles. The van der Waals surface area contributed by atoms with Gasteiger partial charge in [0.25, 0.3) is 11.5 Å². The molecule has 0 spiro atoms. The zero-order chi connectivity index (χ0) is 15.0. The first-order valence-corrected chi connectivity index (χ1v) is 6.71. The van der Waals surface area contributed by atoms with E-state index in [1.54, 1.807) is 13.8 Å². The van der Waals surface area contributed by atoms with Crippen LogP contribution in [0.3, 0.4) is 0 Å². The molecule has 1 unspecified atom stereocenters. The fourth-order valence-corrected chi connectivity index (χ4v) is 2.11. The van der Waals surface area contributed by atoms with E-state index in [4.69, 9.17) is 0 Å². The average molecular weight is 289 g/mol. The van der Waals surface area contributed by atoms with Crippen LogP contribution < -0.4 is 10.9 Å². The van der Waals surface area contributed by atoms with Crippen molar-refractivity contribution >= 4 is 5.91 Å². The Bertz CT molecular complexity index is 718. The quantitative estimate of drug-likeness (QED) is 0.724. The first kappa shape index (κ1) is 13.4. The van der Waals surface area contributed by atoms with Gasteiger partial charge >= 0.3 is 0 Å². The molecule has 2 aromatic heterocycles.